The van der Waals surface area contributed by atoms with Crippen LogP contribution in [-0.4, -0.2) is 64.2 Å². The molecular weight excluding hydrogens is 598 g/mol. The second-order valence-corrected chi connectivity index (χ2v) is 13.6. The second-order valence-electron chi connectivity index (χ2n) is 13.6. The highest BCUT2D eigenvalue weighted by atomic mass is 16.6. The van der Waals surface area contributed by atoms with Crippen molar-refractivity contribution in [2.24, 2.45) is 0 Å². The van der Waals surface area contributed by atoms with Gasteiger partial charge >= 0.3 is 12.1 Å². The van der Waals surface area contributed by atoms with Gasteiger partial charge in [-0.3, -0.25) is 9.59 Å². The topological polar surface area (TPSA) is 134 Å². The molecule has 3 rings (SSSR count). The number of nitrogens with one attached hydrogen (secondary N) is 2. The van der Waals surface area contributed by atoms with E-state index in [1.165, 1.54) is 18.0 Å². The van der Waals surface area contributed by atoms with Crippen LogP contribution in [0, 0.1) is 6.92 Å². The first-order chi connectivity index (χ1) is 21.9. The summed E-state index contributed by atoms with van der Waals surface area (Å²) in [6, 6.07) is 19.5. The number of rotatable bonds is 11. The van der Waals surface area contributed by atoms with Crippen molar-refractivity contribution in [2.75, 3.05) is 7.05 Å². The molecule has 3 atom stereocenters. The highest BCUT2D eigenvalue weighted by Crippen LogP contribution is 2.27. The molecule has 0 saturated carbocycles. The van der Waals surface area contributed by atoms with Crippen LogP contribution in [0.1, 0.15) is 69.8 Å². The Bertz CT molecular complexity index is 1530. The van der Waals surface area contributed by atoms with Gasteiger partial charge in [0.25, 0.3) is 0 Å². The average Bonchev–Trinajstić information content (AvgIpc) is 2.97. The van der Waals surface area contributed by atoms with Crippen LogP contribution in [0.2, 0.25) is 0 Å². The van der Waals surface area contributed by atoms with Crippen molar-refractivity contribution in [2.45, 2.75) is 90.6 Å². The first kappa shape index (κ1) is 36.6. The molecule has 0 aliphatic heterocycles. The number of hydrogen-bond acceptors (Lipinski definition) is 7. The summed E-state index contributed by atoms with van der Waals surface area (Å²) in [6.45, 7) is 12.1. The Morgan fingerprint density at radius 2 is 1.26 bits per heavy atom. The van der Waals surface area contributed by atoms with Crippen molar-refractivity contribution >= 4 is 23.9 Å². The van der Waals surface area contributed by atoms with E-state index in [2.05, 4.69) is 10.6 Å². The Balaban J connectivity index is 2.02. The number of benzene rings is 3. The quantitative estimate of drug-likeness (QED) is 0.238. The summed E-state index contributed by atoms with van der Waals surface area (Å²) in [6.07, 6.45) is -0.507. The van der Waals surface area contributed by atoms with Gasteiger partial charge in [0.1, 0.15) is 35.1 Å². The highest BCUT2D eigenvalue weighted by Gasteiger charge is 2.37. The molecule has 0 aromatic heterocycles. The summed E-state index contributed by atoms with van der Waals surface area (Å²) < 4.78 is 11.1. The predicted octanol–water partition coefficient (Wildman–Crippen LogP) is 5.41. The molecule has 47 heavy (non-hydrogen) atoms. The van der Waals surface area contributed by atoms with Crippen molar-refractivity contribution < 1.29 is 33.8 Å². The van der Waals surface area contributed by atoms with E-state index >= 15 is 0 Å². The van der Waals surface area contributed by atoms with E-state index < -0.39 is 53.2 Å². The number of esters is 1. The number of aryl methyl sites for hydroxylation is 1. The Hall–Kier alpha value is -4.86. The molecule has 0 aliphatic carbocycles. The van der Waals surface area contributed by atoms with Gasteiger partial charge in [-0.15, -0.1) is 0 Å². The minimum absolute atomic E-state index is 0.0196. The SMILES string of the molecule is Cc1cc(C(C(=O)NC(Cc2ccccc2)C(=O)OC(C)(C)C)N(C)C(=O)C(Cc2ccccc2)NC(=O)OC(C)(C)C)ccc1O. The van der Waals surface area contributed by atoms with Gasteiger partial charge in [-0.05, 0) is 82.9 Å². The van der Waals surface area contributed by atoms with E-state index in [0.717, 1.165) is 11.1 Å². The van der Waals surface area contributed by atoms with Crippen molar-refractivity contribution in [3.8, 4) is 5.75 Å². The lowest BCUT2D eigenvalue weighted by Crippen LogP contribution is -2.54. The Labute approximate surface area is 277 Å². The lowest BCUT2D eigenvalue weighted by molar-refractivity contribution is -0.159. The maximum atomic E-state index is 14.3. The molecule has 3 N–H and O–H groups in total. The molecule has 0 spiro atoms. The highest BCUT2D eigenvalue weighted by molar-refractivity contribution is 5.94. The molecule has 0 aliphatic rings. The van der Waals surface area contributed by atoms with E-state index in [1.54, 1.807) is 60.6 Å². The second kappa shape index (κ2) is 15.6. The number of ether oxygens (including phenoxy) is 2. The van der Waals surface area contributed by atoms with Crippen LogP contribution in [0.15, 0.2) is 78.9 Å². The molecule has 0 fully saturated rings. The van der Waals surface area contributed by atoms with Crippen LogP contribution in [0.25, 0.3) is 0 Å². The molecule has 0 bridgehead atoms. The number of amides is 3. The Morgan fingerprint density at radius 1 is 0.745 bits per heavy atom. The number of phenols is 1. The fourth-order valence-corrected chi connectivity index (χ4v) is 4.94. The molecule has 3 amide bonds. The van der Waals surface area contributed by atoms with Crippen LogP contribution in [0.4, 0.5) is 4.79 Å². The number of nitrogens with zero attached hydrogens (tertiary/aromatic N) is 1. The largest absolute Gasteiger partial charge is 0.508 e. The summed E-state index contributed by atoms with van der Waals surface area (Å²) in [5.74, 6) is -1.82. The van der Waals surface area contributed by atoms with Gasteiger partial charge in [0, 0.05) is 19.9 Å². The molecule has 0 heterocycles. The fraction of sp³-hybridized carbons (Fsp3) is 0.405. The zero-order valence-corrected chi connectivity index (χ0v) is 28.5. The molecule has 252 valence electrons. The van der Waals surface area contributed by atoms with E-state index in [1.807, 2.05) is 60.7 Å². The third-order valence-electron chi connectivity index (χ3n) is 7.08. The standard InChI is InChI=1S/C37H47N3O7/c1-24-21-27(19-20-30(24)41)31(32(42)38-29(34(44)46-36(2,3)4)23-26-17-13-10-14-18-26)40(8)33(43)28(22-25-15-11-9-12-16-25)39-35(45)47-37(5,6)7/h9-21,28-29,31,41H,22-23H2,1-8H3,(H,38,42)(H,39,45). The number of alkyl carbamates (subject to hydrolysis) is 1. The molecule has 0 radical (unpaired) electrons. The molecule has 3 unspecified atom stereocenters. The maximum absolute atomic E-state index is 14.3. The van der Waals surface area contributed by atoms with Gasteiger partial charge in [-0.2, -0.15) is 0 Å². The monoisotopic (exact) mass is 645 g/mol. The normalized spacial score (nSPS) is 13.4. The lowest BCUT2D eigenvalue weighted by atomic mass is 9.98. The third kappa shape index (κ3) is 11.5. The number of carbonyl (C=O) groups excluding carboxylic acids is 4. The molecule has 10 heteroatoms. The van der Waals surface area contributed by atoms with Gasteiger partial charge in [0.2, 0.25) is 11.8 Å². The van der Waals surface area contributed by atoms with Crippen LogP contribution in [0.5, 0.6) is 5.75 Å². The first-order valence-electron chi connectivity index (χ1n) is 15.6. The van der Waals surface area contributed by atoms with Gasteiger partial charge in [0.15, 0.2) is 0 Å². The maximum Gasteiger partial charge on any atom is 0.408 e. The van der Waals surface area contributed by atoms with E-state index in [0.29, 0.717) is 11.1 Å². The first-order valence-corrected chi connectivity index (χ1v) is 15.6. The van der Waals surface area contributed by atoms with E-state index in [4.69, 9.17) is 9.47 Å². The molecular formula is C37H47N3O7. The average molecular weight is 646 g/mol. The number of likely N-dealkylation sites (N-methyl/N-ethyl adjacent to an activating group) is 1. The van der Waals surface area contributed by atoms with E-state index in [9.17, 15) is 24.3 Å². The van der Waals surface area contributed by atoms with E-state index in [-0.39, 0.29) is 18.6 Å². The summed E-state index contributed by atoms with van der Waals surface area (Å²) in [7, 11) is 1.46. The van der Waals surface area contributed by atoms with Gasteiger partial charge in [-0.1, -0.05) is 66.7 Å². The molecule has 10 nitrogen and oxygen atoms in total. The minimum Gasteiger partial charge on any atom is -0.508 e. The number of hydrogen-bond donors (Lipinski definition) is 3. The summed E-state index contributed by atoms with van der Waals surface area (Å²) in [4.78, 5) is 56.0. The van der Waals surface area contributed by atoms with Gasteiger partial charge in [-0.25, -0.2) is 9.59 Å². The van der Waals surface area contributed by atoms with Crippen LogP contribution < -0.4 is 10.6 Å². The number of carbonyl (C=O) groups is 4. The Kier molecular flexibility index (Phi) is 12.2. The van der Waals surface area contributed by atoms with Gasteiger partial charge < -0.3 is 30.1 Å². The van der Waals surface area contributed by atoms with Crippen LogP contribution >= 0.6 is 0 Å². The third-order valence-corrected chi connectivity index (χ3v) is 7.08. The number of phenolic OH excluding ortho intramolecular Hbond substituents is 1. The van der Waals surface area contributed by atoms with Crippen molar-refractivity contribution in [1.29, 1.82) is 0 Å². The lowest BCUT2D eigenvalue weighted by Gasteiger charge is -2.33. The van der Waals surface area contributed by atoms with Gasteiger partial charge in [0.05, 0.1) is 0 Å². The number of aromatic hydroxyl groups is 1. The van der Waals surface area contributed by atoms with Crippen LogP contribution in [-0.2, 0) is 36.7 Å². The molecule has 0 saturated heterocycles. The summed E-state index contributed by atoms with van der Waals surface area (Å²) in [5.41, 5.74) is 0.848. The minimum atomic E-state index is -1.25. The molecule has 3 aromatic rings. The van der Waals surface area contributed by atoms with Crippen LogP contribution in [0.3, 0.4) is 0 Å². The zero-order chi connectivity index (χ0) is 34.9. The summed E-state index contributed by atoms with van der Waals surface area (Å²) >= 11 is 0. The van der Waals surface area contributed by atoms with Crippen molar-refractivity contribution in [1.82, 2.24) is 15.5 Å². The Morgan fingerprint density at radius 3 is 1.74 bits per heavy atom. The molecule has 3 aromatic carbocycles. The fourth-order valence-electron chi connectivity index (χ4n) is 4.94. The van der Waals surface area contributed by atoms with Crippen molar-refractivity contribution in [3.63, 3.8) is 0 Å². The smallest absolute Gasteiger partial charge is 0.408 e. The predicted molar refractivity (Wildman–Crippen MR) is 180 cm³/mol. The van der Waals surface area contributed by atoms with Crippen molar-refractivity contribution in [3.05, 3.63) is 101 Å². The zero-order valence-electron chi connectivity index (χ0n) is 28.5. The summed E-state index contributed by atoms with van der Waals surface area (Å²) in [5, 5.41) is 15.8.